The molecule has 0 saturated carbocycles. The van der Waals surface area contributed by atoms with Crippen LogP contribution < -0.4 is 0 Å². The molecule has 2 nitrogen and oxygen atoms in total. The maximum atomic E-state index is 11.7. The predicted octanol–water partition coefficient (Wildman–Crippen LogP) is 3.28. The Labute approximate surface area is 90.0 Å². The summed E-state index contributed by atoms with van der Waals surface area (Å²) >= 11 is 0. The smallest absolute Gasteiger partial charge is 0.144 e. The quantitative estimate of drug-likeness (QED) is 0.704. The van der Waals surface area contributed by atoms with Gasteiger partial charge in [-0.15, -0.1) is 0 Å². The second kappa shape index (κ2) is 4.96. The van der Waals surface area contributed by atoms with Gasteiger partial charge in [-0.05, 0) is 37.8 Å². The first-order valence-electron chi connectivity index (χ1n) is 5.56. The Kier molecular flexibility index (Phi) is 3.38. The predicted molar refractivity (Wildman–Crippen MR) is 58.6 cm³/mol. The van der Waals surface area contributed by atoms with E-state index in [1.807, 2.05) is 12.1 Å². The van der Waals surface area contributed by atoms with Crippen molar-refractivity contribution in [2.75, 3.05) is 0 Å². The fourth-order valence-corrected chi connectivity index (χ4v) is 1.99. The molecule has 0 aliphatic heterocycles. The van der Waals surface area contributed by atoms with Crippen molar-refractivity contribution in [3.8, 4) is 0 Å². The van der Waals surface area contributed by atoms with Crippen LogP contribution in [-0.2, 0) is 11.2 Å². The SMILES string of the molecule is O=C(CC1=CCCCC1)Cc1ccco1. The van der Waals surface area contributed by atoms with Crippen LogP contribution in [0, 0.1) is 0 Å². The molecular weight excluding hydrogens is 188 g/mol. The number of carbonyl (C=O) groups excluding carboxylic acids is 1. The molecule has 1 heterocycles. The van der Waals surface area contributed by atoms with Crippen molar-refractivity contribution < 1.29 is 9.21 Å². The number of ketones is 1. The zero-order valence-electron chi connectivity index (χ0n) is 8.87. The Hall–Kier alpha value is -1.31. The molecule has 0 fully saturated rings. The highest BCUT2D eigenvalue weighted by molar-refractivity contribution is 5.82. The summed E-state index contributed by atoms with van der Waals surface area (Å²) in [5.74, 6) is 1.04. The first-order valence-corrected chi connectivity index (χ1v) is 5.56. The largest absolute Gasteiger partial charge is 0.469 e. The second-order valence-corrected chi connectivity index (χ2v) is 4.08. The van der Waals surface area contributed by atoms with E-state index in [1.54, 1.807) is 6.26 Å². The van der Waals surface area contributed by atoms with Crippen molar-refractivity contribution in [1.29, 1.82) is 0 Å². The number of carbonyl (C=O) groups is 1. The van der Waals surface area contributed by atoms with Gasteiger partial charge in [0.05, 0.1) is 12.7 Å². The normalized spacial score (nSPS) is 16.1. The summed E-state index contributed by atoms with van der Waals surface area (Å²) in [6, 6.07) is 3.68. The van der Waals surface area contributed by atoms with Crippen molar-refractivity contribution in [2.45, 2.75) is 38.5 Å². The standard InChI is InChI=1S/C13H16O2/c14-12(10-13-7-4-8-15-13)9-11-5-2-1-3-6-11/h4-5,7-8H,1-3,6,9-10H2. The molecule has 0 amide bonds. The summed E-state index contributed by atoms with van der Waals surface area (Å²) in [6.07, 6.45) is 9.64. The van der Waals surface area contributed by atoms with Crippen LogP contribution in [0.25, 0.3) is 0 Å². The maximum Gasteiger partial charge on any atom is 0.144 e. The van der Waals surface area contributed by atoms with Gasteiger partial charge in [0.2, 0.25) is 0 Å². The average Bonchev–Trinajstić information content (AvgIpc) is 2.71. The van der Waals surface area contributed by atoms with Gasteiger partial charge < -0.3 is 4.42 Å². The number of hydrogen-bond acceptors (Lipinski definition) is 2. The van der Waals surface area contributed by atoms with Gasteiger partial charge in [0.25, 0.3) is 0 Å². The zero-order chi connectivity index (χ0) is 10.5. The van der Waals surface area contributed by atoms with Crippen LogP contribution in [0.4, 0.5) is 0 Å². The Morgan fingerprint density at radius 2 is 2.27 bits per heavy atom. The molecule has 0 atom stereocenters. The van der Waals surface area contributed by atoms with E-state index in [2.05, 4.69) is 6.08 Å². The van der Waals surface area contributed by atoms with E-state index in [4.69, 9.17) is 4.42 Å². The average molecular weight is 204 g/mol. The number of allylic oxidation sites excluding steroid dienone is 2. The summed E-state index contributed by atoms with van der Waals surface area (Å²) in [5.41, 5.74) is 1.32. The molecule has 15 heavy (non-hydrogen) atoms. The van der Waals surface area contributed by atoms with Crippen LogP contribution in [0.1, 0.15) is 37.9 Å². The molecule has 0 spiro atoms. The van der Waals surface area contributed by atoms with Crippen LogP contribution in [0.2, 0.25) is 0 Å². The summed E-state index contributed by atoms with van der Waals surface area (Å²) in [7, 11) is 0. The van der Waals surface area contributed by atoms with Crippen LogP contribution in [0.3, 0.4) is 0 Å². The minimum Gasteiger partial charge on any atom is -0.469 e. The third kappa shape index (κ3) is 3.08. The first kappa shape index (κ1) is 10.2. The third-order valence-electron chi connectivity index (χ3n) is 2.76. The fraction of sp³-hybridized carbons (Fsp3) is 0.462. The zero-order valence-corrected chi connectivity index (χ0v) is 8.87. The second-order valence-electron chi connectivity index (χ2n) is 4.08. The third-order valence-corrected chi connectivity index (χ3v) is 2.76. The van der Waals surface area contributed by atoms with Crippen LogP contribution in [0.15, 0.2) is 34.5 Å². The van der Waals surface area contributed by atoms with Gasteiger partial charge in [0.15, 0.2) is 0 Å². The van der Waals surface area contributed by atoms with E-state index in [0.29, 0.717) is 12.8 Å². The molecule has 1 aliphatic carbocycles. The Balaban J connectivity index is 1.84. The minimum absolute atomic E-state index is 0.262. The van der Waals surface area contributed by atoms with E-state index in [-0.39, 0.29) is 5.78 Å². The topological polar surface area (TPSA) is 30.2 Å². The summed E-state index contributed by atoms with van der Waals surface area (Å²) in [6.45, 7) is 0. The molecule has 0 bridgehead atoms. The van der Waals surface area contributed by atoms with Gasteiger partial charge in [0, 0.05) is 6.42 Å². The molecule has 0 aromatic carbocycles. The Morgan fingerprint density at radius 3 is 2.93 bits per heavy atom. The minimum atomic E-state index is 0.262. The molecule has 2 rings (SSSR count). The molecule has 2 heteroatoms. The van der Waals surface area contributed by atoms with E-state index in [9.17, 15) is 4.79 Å². The van der Waals surface area contributed by atoms with Gasteiger partial charge in [0.1, 0.15) is 11.5 Å². The number of rotatable bonds is 4. The van der Waals surface area contributed by atoms with Crippen molar-refractivity contribution in [3.63, 3.8) is 0 Å². The number of hydrogen-bond donors (Lipinski definition) is 0. The lowest BCUT2D eigenvalue weighted by Gasteiger charge is -2.11. The molecule has 0 N–H and O–H groups in total. The molecule has 80 valence electrons. The van der Waals surface area contributed by atoms with Gasteiger partial charge in [-0.1, -0.05) is 11.6 Å². The summed E-state index contributed by atoms with van der Waals surface area (Å²) in [5, 5.41) is 0. The van der Waals surface area contributed by atoms with Crippen LogP contribution in [0.5, 0.6) is 0 Å². The van der Waals surface area contributed by atoms with E-state index in [1.165, 1.54) is 18.4 Å². The molecule has 1 aromatic rings. The highest BCUT2D eigenvalue weighted by Gasteiger charge is 2.10. The maximum absolute atomic E-state index is 11.7. The number of Topliss-reactive ketones (excluding diaryl/α,β-unsaturated/α-hetero) is 1. The summed E-state index contributed by atoms with van der Waals surface area (Å²) in [4.78, 5) is 11.7. The lowest BCUT2D eigenvalue weighted by molar-refractivity contribution is -0.118. The van der Waals surface area contributed by atoms with Crippen molar-refractivity contribution >= 4 is 5.78 Å². The van der Waals surface area contributed by atoms with Gasteiger partial charge >= 0.3 is 0 Å². The lowest BCUT2D eigenvalue weighted by Crippen LogP contribution is -2.05. The van der Waals surface area contributed by atoms with Gasteiger partial charge in [-0.25, -0.2) is 0 Å². The van der Waals surface area contributed by atoms with E-state index < -0.39 is 0 Å². The fourth-order valence-electron chi connectivity index (χ4n) is 1.99. The molecule has 0 radical (unpaired) electrons. The van der Waals surface area contributed by atoms with Crippen molar-refractivity contribution in [3.05, 3.63) is 35.8 Å². The molecule has 1 aliphatic rings. The Bertz CT molecular complexity index is 347. The highest BCUT2D eigenvalue weighted by Crippen LogP contribution is 2.20. The number of furan rings is 1. The van der Waals surface area contributed by atoms with Gasteiger partial charge in [-0.2, -0.15) is 0 Å². The Morgan fingerprint density at radius 1 is 1.33 bits per heavy atom. The highest BCUT2D eigenvalue weighted by atomic mass is 16.3. The van der Waals surface area contributed by atoms with Crippen LogP contribution >= 0.6 is 0 Å². The molecular formula is C13H16O2. The van der Waals surface area contributed by atoms with Crippen molar-refractivity contribution in [1.82, 2.24) is 0 Å². The first-order chi connectivity index (χ1) is 7.34. The monoisotopic (exact) mass is 204 g/mol. The van der Waals surface area contributed by atoms with E-state index >= 15 is 0 Å². The van der Waals surface area contributed by atoms with Gasteiger partial charge in [-0.3, -0.25) is 4.79 Å². The molecule has 0 unspecified atom stereocenters. The molecule has 1 aromatic heterocycles. The lowest BCUT2D eigenvalue weighted by atomic mass is 9.95. The molecule has 0 saturated heterocycles. The van der Waals surface area contributed by atoms with Crippen molar-refractivity contribution in [2.24, 2.45) is 0 Å². The van der Waals surface area contributed by atoms with Crippen LogP contribution in [-0.4, -0.2) is 5.78 Å². The van der Waals surface area contributed by atoms with E-state index in [0.717, 1.165) is 18.6 Å². The summed E-state index contributed by atoms with van der Waals surface area (Å²) < 4.78 is 5.15.